The number of aryl methyl sites for hydroxylation is 1. The number of rotatable bonds is 7. The Balaban J connectivity index is 0.000000258. The molecule has 1 radical (unpaired) electrons. The van der Waals surface area contributed by atoms with Gasteiger partial charge in [-0.1, -0.05) is 81.1 Å². The van der Waals surface area contributed by atoms with E-state index in [-0.39, 0.29) is 49.2 Å². The van der Waals surface area contributed by atoms with E-state index in [0.717, 1.165) is 38.7 Å². The molecule has 7 heteroatoms. The number of fused-ring (bicyclic) bond motifs is 4. The zero-order valence-electron chi connectivity index (χ0n) is 44.0. The number of hydrogen-bond donors (Lipinski definition) is 0. The molecule has 0 aliphatic rings. The van der Waals surface area contributed by atoms with Gasteiger partial charge in [0.2, 0.25) is 5.71 Å². The summed E-state index contributed by atoms with van der Waals surface area (Å²) in [5.74, 6) is 5.26. The van der Waals surface area contributed by atoms with E-state index in [4.69, 9.17) is 20.4 Å². The Morgan fingerprint density at radius 2 is 1.53 bits per heavy atom. The van der Waals surface area contributed by atoms with E-state index in [2.05, 4.69) is 51.5 Å². The van der Waals surface area contributed by atoms with Crippen LogP contribution in [0.1, 0.15) is 75.6 Å². The largest absolute Gasteiger partial charge is 0 e. The molecule has 0 aliphatic heterocycles. The molecule has 0 spiro atoms. The molecule has 9 aromatic rings. The molecular formula is C52H50GeIrN4O-2. The second-order valence-corrected chi connectivity index (χ2v) is 26.5. The predicted molar refractivity (Wildman–Crippen MR) is 245 cm³/mol. The number of aromatic nitrogens is 4. The van der Waals surface area contributed by atoms with Gasteiger partial charge in [-0.05, 0) is 77.3 Å². The van der Waals surface area contributed by atoms with Gasteiger partial charge < -0.3 is 8.98 Å². The second kappa shape index (κ2) is 17.2. The van der Waals surface area contributed by atoms with Gasteiger partial charge in [0.05, 0.1) is 22.4 Å². The quantitative estimate of drug-likeness (QED) is 0.118. The maximum Gasteiger partial charge on any atom is 0 e. The third-order valence-corrected chi connectivity index (χ3v) is 14.4. The van der Waals surface area contributed by atoms with Crippen LogP contribution in [-0.4, -0.2) is 32.8 Å². The van der Waals surface area contributed by atoms with E-state index in [9.17, 15) is 2.74 Å². The number of para-hydroxylation sites is 2. The fourth-order valence-corrected chi connectivity index (χ4v) is 9.30. The summed E-state index contributed by atoms with van der Waals surface area (Å²) in [6, 6.07) is 39.8. The Morgan fingerprint density at radius 1 is 0.780 bits per heavy atom. The molecule has 4 aromatic heterocycles. The molecular weight excluding hydrogens is 961 g/mol. The Kier molecular flexibility index (Phi) is 9.00. The van der Waals surface area contributed by atoms with Crippen LogP contribution in [0.2, 0.25) is 17.3 Å². The molecule has 0 saturated carbocycles. The van der Waals surface area contributed by atoms with Gasteiger partial charge in [0, 0.05) is 43.7 Å². The minimum atomic E-state index is -2.47. The molecule has 299 valence electrons. The van der Waals surface area contributed by atoms with Crippen molar-refractivity contribution in [1.82, 2.24) is 19.5 Å². The Morgan fingerprint density at radius 3 is 2.19 bits per heavy atom. The summed E-state index contributed by atoms with van der Waals surface area (Å²) >= 11 is -1.93. The fraction of sp³-hybridized carbons (Fsp3) is 0.212. The SMILES string of the molecule is [2H]C([2H])([2H])c1ccc2c(n1)oc1c(-c3nc4ccccc4n3-c3c(C([2H])(C)C)cc(-c4ccccc4)cc3C([2H])(C)C)[c-]ccc12.[2H]c1[c-]c(-c2cc[c]([Ge]([CH3])([CH3])[CH3])cn2)cc([2H])c1C([2H])([2H])[2H].[Ir]. The van der Waals surface area contributed by atoms with Crippen LogP contribution in [0.25, 0.3) is 72.6 Å². The van der Waals surface area contributed by atoms with Gasteiger partial charge in [-0.2, -0.15) is 0 Å². The van der Waals surface area contributed by atoms with Gasteiger partial charge in [0.15, 0.2) is 0 Å². The monoisotopic (exact) mass is 1020 g/mol. The van der Waals surface area contributed by atoms with Crippen LogP contribution >= 0.6 is 0 Å². The molecule has 0 unspecified atom stereocenters. The van der Waals surface area contributed by atoms with Crippen molar-refractivity contribution in [2.24, 2.45) is 0 Å². The average Bonchev–Trinajstić information content (AvgIpc) is 3.83. The zero-order valence-corrected chi connectivity index (χ0v) is 38.5. The van der Waals surface area contributed by atoms with Crippen molar-refractivity contribution in [3.8, 4) is 39.5 Å². The summed E-state index contributed by atoms with van der Waals surface area (Å²) in [7, 11) is 0. The summed E-state index contributed by atoms with van der Waals surface area (Å²) in [5.41, 5.74) is 7.73. The van der Waals surface area contributed by atoms with Crippen LogP contribution < -0.4 is 4.40 Å². The summed E-state index contributed by atoms with van der Waals surface area (Å²) in [4.78, 5) is 13.9. The molecule has 0 fully saturated rings. The fourth-order valence-electron chi connectivity index (χ4n) is 7.12. The van der Waals surface area contributed by atoms with Crippen molar-refractivity contribution in [2.75, 3.05) is 0 Å². The van der Waals surface area contributed by atoms with Crippen LogP contribution in [0.15, 0.2) is 132 Å². The third-order valence-electron chi connectivity index (χ3n) is 10.2. The van der Waals surface area contributed by atoms with Gasteiger partial charge in [0.1, 0.15) is 0 Å². The van der Waals surface area contributed by atoms with Gasteiger partial charge in [-0.3, -0.25) is 4.98 Å². The maximum absolute atomic E-state index is 9.36. The Labute approximate surface area is 378 Å². The van der Waals surface area contributed by atoms with E-state index in [0.29, 0.717) is 39.3 Å². The number of imidazole rings is 1. The van der Waals surface area contributed by atoms with Crippen LogP contribution in [-0.2, 0) is 20.1 Å². The standard InChI is InChI=1S/C37H32N3O.C15H18GeN.Ir/c1-22(2)30-20-26(25-12-7-6-8-13-25)21-31(23(3)4)34(30)40-33-17-10-9-16-32(33)39-36(40)29-15-11-14-27-28-19-18-24(5)38-37(28)41-35(27)29;1-12-5-7-13(8-6-12)15-10-9-14(11-17-15)16(2,3)4;/h6-14,16-23H,1-5H3;5-7,9-11H,1-4H3;/q2*-1;/i5D3,22D,23D;1D3,5D,6D;. The summed E-state index contributed by atoms with van der Waals surface area (Å²) in [6.45, 7) is 2.60. The smallest absolute Gasteiger partial charge is 0 e. The number of nitrogens with zero attached hydrogens (tertiary/aromatic N) is 4. The van der Waals surface area contributed by atoms with E-state index in [1.165, 1.54) is 16.5 Å². The van der Waals surface area contributed by atoms with E-state index in [1.54, 1.807) is 12.1 Å². The average molecular weight is 1020 g/mol. The van der Waals surface area contributed by atoms with Crippen molar-refractivity contribution in [2.45, 2.75) is 70.5 Å². The molecule has 0 saturated heterocycles. The third kappa shape index (κ3) is 8.50. The minimum Gasteiger partial charge on any atom is 0 e. The zero-order chi connectivity index (χ0) is 49.3. The number of pyridine rings is 2. The Hall–Kier alpha value is -5.14. The van der Waals surface area contributed by atoms with Crippen LogP contribution in [0.5, 0.6) is 0 Å². The number of hydrogen-bond acceptors (Lipinski definition) is 4. The number of furan rings is 1. The summed E-state index contributed by atoms with van der Waals surface area (Å²) < 4.78 is 89.7. The first-order valence-corrected chi connectivity index (χ1v) is 26.5. The van der Waals surface area contributed by atoms with Crippen molar-refractivity contribution in [3.05, 3.63) is 162 Å². The van der Waals surface area contributed by atoms with Crippen LogP contribution in [0.3, 0.4) is 0 Å². The van der Waals surface area contributed by atoms with Gasteiger partial charge in [-0.15, -0.1) is 18.2 Å². The molecule has 5 aromatic carbocycles. The van der Waals surface area contributed by atoms with E-state index >= 15 is 0 Å². The molecule has 0 aliphatic carbocycles. The molecule has 0 atom stereocenters. The molecule has 0 N–H and O–H groups in total. The Bertz CT molecular complexity index is 3290. The van der Waals surface area contributed by atoms with Crippen molar-refractivity contribution in [3.63, 3.8) is 0 Å². The first-order chi connectivity index (χ1) is 31.7. The van der Waals surface area contributed by atoms with Gasteiger partial charge in [0.25, 0.3) is 0 Å². The maximum atomic E-state index is 9.36. The number of benzene rings is 5. The predicted octanol–water partition coefficient (Wildman–Crippen LogP) is 13.4. The molecule has 4 heterocycles. The summed E-state index contributed by atoms with van der Waals surface area (Å²) in [5, 5.41) is 1.45. The van der Waals surface area contributed by atoms with Crippen LogP contribution in [0.4, 0.5) is 0 Å². The van der Waals surface area contributed by atoms with Crippen molar-refractivity contribution in [1.29, 1.82) is 0 Å². The van der Waals surface area contributed by atoms with Crippen molar-refractivity contribution >= 4 is 50.8 Å². The summed E-state index contributed by atoms with van der Waals surface area (Å²) in [6.07, 6.45) is 1.84. The second-order valence-electron chi connectivity index (χ2n) is 15.8. The van der Waals surface area contributed by atoms with Crippen LogP contribution in [0, 0.1) is 25.8 Å². The molecule has 9 rings (SSSR count). The first-order valence-electron chi connectivity index (χ1n) is 24.2. The topological polar surface area (TPSA) is 56.7 Å². The molecule has 59 heavy (non-hydrogen) atoms. The van der Waals surface area contributed by atoms with Gasteiger partial charge in [-0.25, -0.2) is 4.98 Å². The normalized spacial score (nSPS) is 14.9. The first kappa shape index (κ1) is 30.8. The van der Waals surface area contributed by atoms with Crippen molar-refractivity contribution < 1.29 is 38.2 Å². The molecule has 5 nitrogen and oxygen atoms in total. The minimum absolute atomic E-state index is 0. The van der Waals surface area contributed by atoms with E-state index < -0.39 is 38.8 Å². The molecule has 0 bridgehead atoms. The molecule has 0 amide bonds. The van der Waals surface area contributed by atoms with Gasteiger partial charge >= 0.3 is 113 Å². The van der Waals surface area contributed by atoms with E-state index in [1.807, 2.05) is 111 Å².